The predicted octanol–water partition coefficient (Wildman–Crippen LogP) is 0.364. The number of rotatable bonds is 3. The first kappa shape index (κ1) is 25.9. The normalized spacial score (nSPS) is 32.4. The molecule has 1 amide bonds. The molecule has 11 nitrogen and oxygen atoms in total. The lowest BCUT2D eigenvalue weighted by atomic mass is 9.58. The number of fused-ring (bicyclic) bond motifs is 4. The number of aromatic hydroxyl groups is 1. The van der Waals surface area contributed by atoms with Gasteiger partial charge in [-0.05, 0) is 39.3 Å². The summed E-state index contributed by atoms with van der Waals surface area (Å²) in [6, 6.07) is -1.04. The molecule has 1 fully saturated rings. The van der Waals surface area contributed by atoms with Gasteiger partial charge in [0.1, 0.15) is 28.7 Å². The fraction of sp³-hybridized carbons (Fsp3) is 0.519. The largest absolute Gasteiger partial charge is 0.510 e. The molecule has 1 aromatic rings. The van der Waals surface area contributed by atoms with E-state index in [4.69, 9.17) is 10.5 Å². The highest BCUT2D eigenvalue weighted by atomic mass is 19.1. The Kier molecular flexibility index (Phi) is 5.71. The fourth-order valence-corrected chi connectivity index (χ4v) is 7.31. The summed E-state index contributed by atoms with van der Waals surface area (Å²) in [7, 11) is 3.10. The first-order chi connectivity index (χ1) is 18.4. The molecule has 208 valence electrons. The minimum Gasteiger partial charge on any atom is -0.510 e. The van der Waals surface area contributed by atoms with E-state index in [1.54, 1.807) is 14.1 Å². The maximum absolute atomic E-state index is 16.0. The van der Waals surface area contributed by atoms with Gasteiger partial charge in [-0.2, -0.15) is 0 Å². The van der Waals surface area contributed by atoms with Crippen LogP contribution >= 0.6 is 0 Å². The van der Waals surface area contributed by atoms with Crippen molar-refractivity contribution in [1.82, 2.24) is 9.80 Å². The topological polar surface area (TPSA) is 174 Å². The summed E-state index contributed by atoms with van der Waals surface area (Å²) >= 11 is 0. The zero-order valence-electron chi connectivity index (χ0n) is 21.5. The van der Waals surface area contributed by atoms with E-state index in [1.165, 1.54) is 4.90 Å². The molecular weight excluding hydrogens is 513 g/mol. The summed E-state index contributed by atoms with van der Waals surface area (Å²) in [6.45, 7) is 1.57. The number of amides is 1. The molecule has 2 heterocycles. The number of halogens is 1. The van der Waals surface area contributed by atoms with E-state index in [-0.39, 0.29) is 54.4 Å². The van der Waals surface area contributed by atoms with Crippen molar-refractivity contribution in [3.63, 3.8) is 0 Å². The molecule has 2 aliphatic heterocycles. The summed E-state index contributed by atoms with van der Waals surface area (Å²) < 4.78 is 21.4. The van der Waals surface area contributed by atoms with Gasteiger partial charge in [-0.25, -0.2) is 4.39 Å². The van der Waals surface area contributed by atoms with E-state index in [2.05, 4.69) is 0 Å². The number of hydrogen-bond acceptors (Lipinski definition) is 10. The van der Waals surface area contributed by atoms with Gasteiger partial charge >= 0.3 is 0 Å². The first-order valence-corrected chi connectivity index (χ1v) is 12.9. The van der Waals surface area contributed by atoms with Crippen LogP contribution in [0.4, 0.5) is 4.39 Å². The number of Topliss-reactive ketones (excluding diaryl/α,β-unsaturated/α-hetero) is 2. The molecule has 5 aliphatic rings. The van der Waals surface area contributed by atoms with Crippen molar-refractivity contribution in [3.05, 3.63) is 50.7 Å². The fourth-order valence-electron chi connectivity index (χ4n) is 7.31. The monoisotopic (exact) mass is 543 g/mol. The Morgan fingerprint density at radius 1 is 1.15 bits per heavy atom. The Bertz CT molecular complexity index is 1410. The molecule has 1 aromatic carbocycles. The van der Waals surface area contributed by atoms with E-state index in [1.807, 2.05) is 4.90 Å². The molecule has 39 heavy (non-hydrogen) atoms. The molecule has 0 unspecified atom stereocenters. The second kappa shape index (κ2) is 8.59. The molecule has 0 bridgehead atoms. The number of benzene rings is 1. The zero-order chi connectivity index (χ0) is 28.1. The van der Waals surface area contributed by atoms with Gasteiger partial charge in [0.25, 0.3) is 5.91 Å². The Morgan fingerprint density at radius 3 is 2.46 bits per heavy atom. The summed E-state index contributed by atoms with van der Waals surface area (Å²) in [6.07, 6.45) is 0.607. The molecule has 0 saturated carbocycles. The molecule has 6 N–H and O–H groups in total. The summed E-state index contributed by atoms with van der Waals surface area (Å²) in [5.74, 6) is -8.04. The van der Waals surface area contributed by atoms with Gasteiger partial charge in [-0.1, -0.05) is 0 Å². The Balaban J connectivity index is 1.48. The summed E-state index contributed by atoms with van der Waals surface area (Å²) in [5.41, 5.74) is 1.79. The van der Waals surface area contributed by atoms with E-state index in [0.29, 0.717) is 24.3 Å². The maximum Gasteiger partial charge on any atom is 0.255 e. The predicted molar refractivity (Wildman–Crippen MR) is 132 cm³/mol. The Labute approximate surface area is 222 Å². The van der Waals surface area contributed by atoms with Crippen LogP contribution in [0.1, 0.15) is 39.9 Å². The van der Waals surface area contributed by atoms with E-state index < -0.39 is 63.9 Å². The number of likely N-dealkylation sites (N-methyl/N-ethyl adjacent to an activating group) is 1. The molecule has 1 saturated heterocycles. The van der Waals surface area contributed by atoms with Crippen LogP contribution < -0.4 is 5.73 Å². The number of aliphatic hydroxyl groups is 3. The van der Waals surface area contributed by atoms with Crippen LogP contribution in [0, 0.1) is 17.7 Å². The molecule has 0 aromatic heterocycles. The molecule has 5 atom stereocenters. The van der Waals surface area contributed by atoms with Crippen molar-refractivity contribution in [3.8, 4) is 5.75 Å². The van der Waals surface area contributed by atoms with Gasteiger partial charge in [0.05, 0.1) is 18.2 Å². The van der Waals surface area contributed by atoms with Crippen molar-refractivity contribution in [1.29, 1.82) is 0 Å². The standard InChI is InChI=1S/C27H30FN3O8/c1-30(2)20-15-6-10-5-12-17(21(32)14-8-31(7-13(14)19(12)28)11-3-4-39-9-11)22(33)16(10)24(35)27(15,38)25(36)18(23(20)34)26(29)37/h10-11,15,20,32,34-35,38H,3-9H2,1-2H3,(H2,29,37)/t10-,11+,15-,20-,27-/m0/s1. The maximum atomic E-state index is 16.0. The first-order valence-electron chi connectivity index (χ1n) is 12.9. The number of allylic oxidation sites excluding steroid dienone is 1. The molecular formula is C27H30FN3O8. The molecule has 0 radical (unpaired) electrons. The third-order valence-corrected chi connectivity index (χ3v) is 9.18. The minimum atomic E-state index is -2.73. The van der Waals surface area contributed by atoms with Crippen molar-refractivity contribution in [2.75, 3.05) is 27.3 Å². The average Bonchev–Trinajstić information content (AvgIpc) is 3.55. The van der Waals surface area contributed by atoms with Gasteiger partial charge < -0.3 is 30.9 Å². The van der Waals surface area contributed by atoms with Crippen molar-refractivity contribution in [2.24, 2.45) is 17.6 Å². The molecule has 0 spiro atoms. The quantitative estimate of drug-likeness (QED) is 0.335. The van der Waals surface area contributed by atoms with Crippen LogP contribution in [0.3, 0.4) is 0 Å². The van der Waals surface area contributed by atoms with Gasteiger partial charge in [-0.15, -0.1) is 0 Å². The summed E-state index contributed by atoms with van der Waals surface area (Å²) in [5, 5.41) is 45.1. The molecule has 6 rings (SSSR count). The molecule has 3 aliphatic carbocycles. The number of nitrogens with two attached hydrogens (primary N) is 1. The number of ketones is 2. The van der Waals surface area contributed by atoms with Crippen molar-refractivity contribution >= 4 is 17.5 Å². The third kappa shape index (κ3) is 3.32. The number of phenolic OH excluding ortho intramolecular Hbond substituents is 1. The number of carbonyl (C=O) groups is 3. The van der Waals surface area contributed by atoms with Crippen LogP contribution in [-0.4, -0.2) is 92.7 Å². The molecule has 12 heteroatoms. The van der Waals surface area contributed by atoms with Gasteiger partial charge in [0.2, 0.25) is 5.78 Å². The van der Waals surface area contributed by atoms with Crippen molar-refractivity contribution < 1.29 is 43.9 Å². The number of phenols is 1. The second-order valence-electron chi connectivity index (χ2n) is 11.4. The Hall–Kier alpha value is -3.32. The van der Waals surface area contributed by atoms with E-state index in [9.17, 15) is 34.8 Å². The lowest BCUT2D eigenvalue weighted by molar-refractivity contribution is -0.148. The highest BCUT2D eigenvalue weighted by Crippen LogP contribution is 2.53. The van der Waals surface area contributed by atoms with Crippen LogP contribution in [0.25, 0.3) is 0 Å². The Morgan fingerprint density at radius 2 is 1.85 bits per heavy atom. The van der Waals surface area contributed by atoms with Crippen molar-refractivity contribution in [2.45, 2.75) is 50.0 Å². The van der Waals surface area contributed by atoms with Crippen LogP contribution in [-0.2, 0) is 33.8 Å². The smallest absolute Gasteiger partial charge is 0.255 e. The van der Waals surface area contributed by atoms with Crippen LogP contribution in [0.5, 0.6) is 5.75 Å². The van der Waals surface area contributed by atoms with Gasteiger partial charge in [0.15, 0.2) is 11.4 Å². The average molecular weight is 544 g/mol. The number of ether oxygens (including phenoxy) is 1. The zero-order valence-corrected chi connectivity index (χ0v) is 21.5. The van der Waals surface area contributed by atoms with Gasteiger partial charge in [0, 0.05) is 53.9 Å². The minimum absolute atomic E-state index is 0.0221. The second-order valence-corrected chi connectivity index (χ2v) is 11.4. The number of nitrogens with zero attached hydrogens (tertiary/aromatic N) is 2. The van der Waals surface area contributed by atoms with Gasteiger partial charge in [-0.3, -0.25) is 24.2 Å². The highest BCUT2D eigenvalue weighted by molar-refractivity contribution is 6.24. The van der Waals surface area contributed by atoms with E-state index in [0.717, 1.165) is 6.42 Å². The lowest BCUT2D eigenvalue weighted by Gasteiger charge is -2.50. The number of primary amides is 1. The van der Waals surface area contributed by atoms with Crippen LogP contribution in [0.2, 0.25) is 0 Å². The number of hydrogen-bond donors (Lipinski definition) is 5. The third-order valence-electron chi connectivity index (χ3n) is 9.18. The number of aliphatic hydroxyl groups excluding tert-OH is 2. The van der Waals surface area contributed by atoms with E-state index >= 15 is 4.39 Å². The highest BCUT2D eigenvalue weighted by Gasteiger charge is 2.63. The number of carbonyl (C=O) groups excluding carboxylic acids is 3. The SMILES string of the molecule is CN(C)[C@@H]1C(O)=C(C(N)=O)C(=O)[C@@]2(O)C(O)=C3C(=O)c4c(O)c5c(c(F)c4C[C@H]3C[C@@H]12)CN([C@@H]1CCOC1)C5. The summed E-state index contributed by atoms with van der Waals surface area (Å²) in [4.78, 5) is 42.7. The van der Waals surface area contributed by atoms with Crippen LogP contribution in [0.15, 0.2) is 22.7 Å². The lowest BCUT2D eigenvalue weighted by Crippen LogP contribution is -2.63.